The third-order valence-electron chi connectivity index (χ3n) is 3.06. The molecule has 18 heavy (non-hydrogen) atoms. The van der Waals surface area contributed by atoms with Crippen LogP contribution >= 0.6 is 0 Å². The van der Waals surface area contributed by atoms with Gasteiger partial charge in [0.2, 0.25) is 0 Å². The van der Waals surface area contributed by atoms with Crippen LogP contribution in [-0.2, 0) is 7.05 Å². The number of hydrogen-bond acceptors (Lipinski definition) is 4. The third-order valence-corrected chi connectivity index (χ3v) is 3.06. The molecular weight excluding hydrogens is 228 g/mol. The Labute approximate surface area is 107 Å². The topological polar surface area (TPSA) is 63.0 Å². The summed E-state index contributed by atoms with van der Waals surface area (Å²) < 4.78 is 1.78. The zero-order chi connectivity index (χ0) is 13.3. The van der Waals surface area contributed by atoms with E-state index < -0.39 is 0 Å². The van der Waals surface area contributed by atoms with Gasteiger partial charge in [-0.15, -0.1) is 0 Å². The number of nitrogens with zero attached hydrogens (tertiary/aromatic N) is 3. The summed E-state index contributed by atoms with van der Waals surface area (Å²) in [7, 11) is 1.89. The highest BCUT2D eigenvalue weighted by Crippen LogP contribution is 2.21. The molecule has 2 aromatic heterocycles. The molecule has 5 heteroatoms. The van der Waals surface area contributed by atoms with Crippen LogP contribution in [0.15, 0.2) is 12.3 Å². The molecule has 0 amide bonds. The molecule has 2 rings (SSSR count). The summed E-state index contributed by atoms with van der Waals surface area (Å²) in [4.78, 5) is 4.40. The molecule has 0 aromatic carbocycles. The second kappa shape index (κ2) is 4.57. The number of aliphatic hydroxyl groups excluding tert-OH is 1. The minimum absolute atomic E-state index is 0.140. The lowest BCUT2D eigenvalue weighted by molar-refractivity contribution is 0.171. The van der Waals surface area contributed by atoms with Crippen molar-refractivity contribution < 1.29 is 5.11 Å². The summed E-state index contributed by atoms with van der Waals surface area (Å²) in [6.07, 6.45) is 1.80. The van der Waals surface area contributed by atoms with E-state index in [0.717, 1.165) is 22.4 Å². The van der Waals surface area contributed by atoms with Crippen molar-refractivity contribution in [2.45, 2.75) is 20.8 Å². The van der Waals surface area contributed by atoms with Crippen LogP contribution in [0.2, 0.25) is 0 Å². The van der Waals surface area contributed by atoms with E-state index in [1.54, 1.807) is 10.9 Å². The molecule has 0 radical (unpaired) electrons. The van der Waals surface area contributed by atoms with E-state index in [0.29, 0.717) is 6.54 Å². The number of pyridine rings is 1. The fourth-order valence-electron chi connectivity index (χ4n) is 1.80. The highest BCUT2D eigenvalue weighted by molar-refractivity contribution is 5.81. The zero-order valence-corrected chi connectivity index (χ0v) is 11.4. The summed E-state index contributed by atoms with van der Waals surface area (Å²) in [5.74, 6) is 0. The van der Waals surface area contributed by atoms with Gasteiger partial charge in [-0.3, -0.25) is 4.68 Å². The molecule has 98 valence electrons. The molecule has 0 spiro atoms. The molecule has 0 aliphatic heterocycles. The van der Waals surface area contributed by atoms with Gasteiger partial charge >= 0.3 is 0 Å². The predicted octanol–water partition coefficient (Wildman–Crippen LogP) is 1.71. The lowest BCUT2D eigenvalue weighted by atomic mass is 9.95. The summed E-state index contributed by atoms with van der Waals surface area (Å²) in [6.45, 7) is 6.87. The fourth-order valence-corrected chi connectivity index (χ4v) is 1.80. The number of aliphatic hydroxyl groups is 1. The first-order valence-electron chi connectivity index (χ1n) is 6.07. The van der Waals surface area contributed by atoms with Crippen molar-refractivity contribution in [2.24, 2.45) is 12.5 Å². The molecule has 0 fully saturated rings. The van der Waals surface area contributed by atoms with Gasteiger partial charge in [0, 0.05) is 31.0 Å². The Morgan fingerprint density at radius 2 is 2.17 bits per heavy atom. The maximum absolute atomic E-state index is 9.22. The number of hydrogen-bond donors (Lipinski definition) is 2. The molecule has 0 saturated carbocycles. The first-order valence-corrected chi connectivity index (χ1v) is 6.07. The summed E-state index contributed by atoms with van der Waals surface area (Å²) in [5, 5.41) is 17.9. The van der Waals surface area contributed by atoms with E-state index in [1.165, 1.54) is 0 Å². The van der Waals surface area contributed by atoms with E-state index in [9.17, 15) is 5.11 Å². The molecule has 0 unspecified atom stereocenters. The van der Waals surface area contributed by atoms with Crippen LogP contribution in [0.1, 0.15) is 19.5 Å². The Morgan fingerprint density at radius 3 is 2.83 bits per heavy atom. The number of rotatable bonds is 4. The van der Waals surface area contributed by atoms with Crippen LogP contribution < -0.4 is 5.32 Å². The maximum Gasteiger partial charge on any atom is 0.157 e. The monoisotopic (exact) mass is 248 g/mol. The van der Waals surface area contributed by atoms with Crippen LogP contribution in [0.5, 0.6) is 0 Å². The Bertz CT molecular complexity index is 559. The maximum atomic E-state index is 9.22. The van der Waals surface area contributed by atoms with Gasteiger partial charge in [0.15, 0.2) is 5.65 Å². The second-order valence-electron chi connectivity index (χ2n) is 5.48. The van der Waals surface area contributed by atoms with E-state index >= 15 is 0 Å². The molecule has 2 heterocycles. The number of nitrogens with one attached hydrogen (secondary N) is 1. The first-order chi connectivity index (χ1) is 8.43. The van der Waals surface area contributed by atoms with Gasteiger partial charge in [-0.25, -0.2) is 4.98 Å². The Morgan fingerprint density at radius 1 is 1.44 bits per heavy atom. The molecule has 0 atom stereocenters. The minimum Gasteiger partial charge on any atom is -0.396 e. The SMILES string of the molecule is Cc1nn(C)c2ncc(NCC(C)(C)CO)cc12. The molecular formula is C13H20N4O. The van der Waals surface area contributed by atoms with E-state index in [2.05, 4.69) is 21.5 Å². The van der Waals surface area contributed by atoms with E-state index in [-0.39, 0.29) is 12.0 Å². The molecule has 0 saturated heterocycles. The predicted molar refractivity (Wildman–Crippen MR) is 72.6 cm³/mol. The molecule has 2 aromatic rings. The van der Waals surface area contributed by atoms with Gasteiger partial charge in [0.25, 0.3) is 0 Å². The Balaban J connectivity index is 2.23. The van der Waals surface area contributed by atoms with Gasteiger partial charge in [0.1, 0.15) is 0 Å². The Kier molecular flexibility index (Phi) is 3.26. The van der Waals surface area contributed by atoms with E-state index in [1.807, 2.05) is 27.8 Å². The molecule has 0 aliphatic rings. The normalized spacial score (nSPS) is 12.1. The summed E-state index contributed by atoms with van der Waals surface area (Å²) in [5.41, 5.74) is 2.68. The highest BCUT2D eigenvalue weighted by Gasteiger charge is 2.16. The number of aromatic nitrogens is 3. The highest BCUT2D eigenvalue weighted by atomic mass is 16.3. The van der Waals surface area contributed by atoms with Crippen molar-refractivity contribution in [3.63, 3.8) is 0 Å². The number of aryl methyl sites for hydroxylation is 2. The first kappa shape index (κ1) is 12.8. The van der Waals surface area contributed by atoms with Gasteiger partial charge in [-0.05, 0) is 13.0 Å². The number of anilines is 1. The van der Waals surface area contributed by atoms with Crippen molar-refractivity contribution in [2.75, 3.05) is 18.5 Å². The molecule has 2 N–H and O–H groups in total. The Hall–Kier alpha value is -1.62. The van der Waals surface area contributed by atoms with Crippen molar-refractivity contribution >= 4 is 16.7 Å². The van der Waals surface area contributed by atoms with Crippen molar-refractivity contribution in [1.29, 1.82) is 0 Å². The van der Waals surface area contributed by atoms with Crippen molar-refractivity contribution in [1.82, 2.24) is 14.8 Å². The standard InChI is InChI=1S/C13H20N4O/c1-9-11-5-10(15-7-13(2,3)8-18)6-14-12(11)17(4)16-9/h5-6,15,18H,7-8H2,1-4H3. The van der Waals surface area contributed by atoms with Crippen LogP contribution in [0.4, 0.5) is 5.69 Å². The zero-order valence-electron chi connectivity index (χ0n) is 11.4. The molecule has 0 bridgehead atoms. The fraction of sp³-hybridized carbons (Fsp3) is 0.538. The quantitative estimate of drug-likeness (QED) is 0.864. The largest absolute Gasteiger partial charge is 0.396 e. The van der Waals surface area contributed by atoms with Crippen LogP contribution in [0.3, 0.4) is 0 Å². The lowest BCUT2D eigenvalue weighted by Crippen LogP contribution is -2.26. The minimum atomic E-state index is -0.140. The summed E-state index contributed by atoms with van der Waals surface area (Å²) in [6, 6.07) is 2.05. The van der Waals surface area contributed by atoms with Crippen molar-refractivity contribution in [3.8, 4) is 0 Å². The van der Waals surface area contributed by atoms with Crippen LogP contribution in [0, 0.1) is 12.3 Å². The van der Waals surface area contributed by atoms with Crippen molar-refractivity contribution in [3.05, 3.63) is 18.0 Å². The lowest BCUT2D eigenvalue weighted by Gasteiger charge is -2.22. The second-order valence-corrected chi connectivity index (χ2v) is 5.48. The molecule has 0 aliphatic carbocycles. The van der Waals surface area contributed by atoms with Crippen LogP contribution in [0.25, 0.3) is 11.0 Å². The summed E-state index contributed by atoms with van der Waals surface area (Å²) >= 11 is 0. The number of fused-ring (bicyclic) bond motifs is 1. The van der Waals surface area contributed by atoms with E-state index in [4.69, 9.17) is 0 Å². The molecule has 5 nitrogen and oxygen atoms in total. The van der Waals surface area contributed by atoms with Gasteiger partial charge < -0.3 is 10.4 Å². The average Bonchev–Trinajstić information content (AvgIpc) is 2.63. The van der Waals surface area contributed by atoms with Gasteiger partial charge in [-0.1, -0.05) is 13.8 Å². The average molecular weight is 248 g/mol. The third kappa shape index (κ3) is 2.46. The van der Waals surface area contributed by atoms with Gasteiger partial charge in [-0.2, -0.15) is 5.10 Å². The smallest absolute Gasteiger partial charge is 0.157 e. The van der Waals surface area contributed by atoms with Gasteiger partial charge in [0.05, 0.1) is 17.6 Å². The van der Waals surface area contributed by atoms with Crippen LogP contribution in [-0.4, -0.2) is 33.0 Å².